The maximum Gasteiger partial charge on any atom is 0.220 e. The van der Waals surface area contributed by atoms with Crippen LogP contribution in [0.25, 0.3) is 11.1 Å². The first-order valence-electron chi connectivity index (χ1n) is 8.14. The van der Waals surface area contributed by atoms with Gasteiger partial charge in [-0.25, -0.2) is 13.4 Å². The Bertz CT molecular complexity index is 886. The highest BCUT2D eigenvalue weighted by atomic mass is 35.5. The molecule has 0 spiro atoms. The largest absolute Gasteiger partial charge is 0.311 e. The quantitative estimate of drug-likeness (QED) is 0.827. The van der Waals surface area contributed by atoms with E-state index >= 15 is 0 Å². The first-order valence-corrected chi connectivity index (χ1v) is 10.0. The van der Waals surface area contributed by atoms with Crippen LogP contribution in [0.1, 0.15) is 30.7 Å². The van der Waals surface area contributed by atoms with Crippen molar-refractivity contribution in [2.24, 2.45) is 0 Å². The number of nitrogens with one attached hydrogen (secondary N) is 1. The lowest BCUT2D eigenvalue weighted by Gasteiger charge is -2.20. The van der Waals surface area contributed by atoms with Gasteiger partial charge < -0.3 is 5.32 Å². The molecule has 0 radical (unpaired) electrons. The molecule has 0 saturated carbocycles. The Morgan fingerprint density at radius 2 is 1.92 bits per heavy atom. The average Bonchev–Trinajstić information content (AvgIpc) is 3.18. The SMILES string of the molecule is CS(=O)(=O)c1ccc(-c2cc(C3CC4CCC3N4)cnc2F)cc1.Cl. The lowest BCUT2D eigenvalue weighted by Crippen LogP contribution is -2.21. The minimum absolute atomic E-state index is 0. The lowest BCUT2D eigenvalue weighted by atomic mass is 9.84. The molecule has 3 atom stereocenters. The predicted molar refractivity (Wildman–Crippen MR) is 97.3 cm³/mol. The fourth-order valence-electron chi connectivity index (χ4n) is 3.94. The Balaban J connectivity index is 0.00000182. The van der Waals surface area contributed by atoms with Gasteiger partial charge in [-0.3, -0.25) is 0 Å². The number of hydrogen-bond acceptors (Lipinski definition) is 4. The number of pyridine rings is 1. The zero-order chi connectivity index (χ0) is 16.9. The second-order valence-corrected chi connectivity index (χ2v) is 8.81. The first kappa shape index (κ1) is 18.3. The predicted octanol–water partition coefficient (Wildman–Crippen LogP) is 3.32. The summed E-state index contributed by atoms with van der Waals surface area (Å²) < 4.78 is 37.3. The fourth-order valence-corrected chi connectivity index (χ4v) is 4.57. The molecule has 7 heteroatoms. The van der Waals surface area contributed by atoms with E-state index in [1.54, 1.807) is 18.3 Å². The van der Waals surface area contributed by atoms with Crippen LogP contribution in [-0.2, 0) is 9.84 Å². The van der Waals surface area contributed by atoms with E-state index in [4.69, 9.17) is 0 Å². The van der Waals surface area contributed by atoms with Crippen LogP contribution < -0.4 is 5.32 Å². The van der Waals surface area contributed by atoms with E-state index in [0.29, 0.717) is 29.1 Å². The summed E-state index contributed by atoms with van der Waals surface area (Å²) in [5.41, 5.74) is 2.12. The van der Waals surface area contributed by atoms with Crippen molar-refractivity contribution >= 4 is 22.2 Å². The minimum atomic E-state index is -3.26. The number of benzene rings is 1. The van der Waals surface area contributed by atoms with E-state index in [9.17, 15) is 12.8 Å². The van der Waals surface area contributed by atoms with Crippen molar-refractivity contribution in [3.05, 3.63) is 48.0 Å². The average molecular weight is 383 g/mol. The smallest absolute Gasteiger partial charge is 0.220 e. The normalized spacial score (nSPS) is 25.0. The molecule has 0 amide bonds. The van der Waals surface area contributed by atoms with Crippen LogP contribution in [0, 0.1) is 5.95 Å². The third-order valence-corrected chi connectivity index (χ3v) is 6.31. The fraction of sp³-hybridized carbons (Fsp3) is 0.389. The maximum absolute atomic E-state index is 14.2. The summed E-state index contributed by atoms with van der Waals surface area (Å²) in [6, 6.07) is 9.19. The molecule has 2 fully saturated rings. The standard InChI is InChI=1S/C18H19FN2O2S.ClH/c1-24(22,23)14-5-2-11(3-6-14)16-8-12(10-20-18(16)19)15-9-13-4-7-17(15)21-13;/h2-3,5-6,8,10,13,15,17,21H,4,7,9H2,1H3;1H. The van der Waals surface area contributed by atoms with Gasteiger partial charge in [-0.15, -0.1) is 12.4 Å². The Hall–Kier alpha value is -1.50. The van der Waals surface area contributed by atoms with Crippen molar-refractivity contribution in [3.63, 3.8) is 0 Å². The van der Waals surface area contributed by atoms with Gasteiger partial charge in [-0.05, 0) is 48.6 Å². The molecular formula is C18H20ClFN2O2S. The van der Waals surface area contributed by atoms with E-state index in [0.717, 1.165) is 24.7 Å². The molecule has 2 aliphatic rings. The molecule has 134 valence electrons. The van der Waals surface area contributed by atoms with E-state index in [1.807, 2.05) is 6.07 Å². The van der Waals surface area contributed by atoms with Crippen LogP contribution >= 0.6 is 12.4 Å². The molecule has 25 heavy (non-hydrogen) atoms. The van der Waals surface area contributed by atoms with E-state index < -0.39 is 15.8 Å². The van der Waals surface area contributed by atoms with Gasteiger partial charge >= 0.3 is 0 Å². The Labute approximate surface area is 153 Å². The molecule has 2 aromatic rings. The molecule has 4 rings (SSSR count). The lowest BCUT2D eigenvalue weighted by molar-refractivity contribution is 0.502. The van der Waals surface area contributed by atoms with Crippen LogP contribution in [-0.4, -0.2) is 31.7 Å². The summed E-state index contributed by atoms with van der Waals surface area (Å²) in [6.07, 6.45) is 6.24. The number of halogens is 2. The van der Waals surface area contributed by atoms with Crippen molar-refractivity contribution in [2.75, 3.05) is 6.26 Å². The molecule has 1 aromatic carbocycles. The molecule has 1 N–H and O–H groups in total. The molecule has 1 aromatic heterocycles. The number of aromatic nitrogens is 1. The van der Waals surface area contributed by atoms with Crippen molar-refractivity contribution in [2.45, 2.75) is 42.2 Å². The van der Waals surface area contributed by atoms with E-state index in [1.165, 1.54) is 18.6 Å². The monoisotopic (exact) mass is 382 g/mol. The number of sulfone groups is 1. The molecular weight excluding hydrogens is 363 g/mol. The number of fused-ring (bicyclic) bond motifs is 2. The third-order valence-electron chi connectivity index (χ3n) is 5.18. The van der Waals surface area contributed by atoms with Gasteiger partial charge in [0.2, 0.25) is 5.95 Å². The van der Waals surface area contributed by atoms with Crippen LogP contribution in [0.5, 0.6) is 0 Å². The first-order chi connectivity index (χ1) is 11.4. The summed E-state index contributed by atoms with van der Waals surface area (Å²) in [7, 11) is -3.26. The Morgan fingerprint density at radius 3 is 2.48 bits per heavy atom. The van der Waals surface area contributed by atoms with E-state index in [2.05, 4.69) is 10.3 Å². The summed E-state index contributed by atoms with van der Waals surface area (Å²) in [5, 5.41) is 3.59. The molecule has 3 unspecified atom stereocenters. The van der Waals surface area contributed by atoms with Crippen molar-refractivity contribution < 1.29 is 12.8 Å². The molecule has 3 heterocycles. The van der Waals surface area contributed by atoms with Crippen molar-refractivity contribution in [3.8, 4) is 11.1 Å². The molecule has 2 aliphatic heterocycles. The second-order valence-electron chi connectivity index (χ2n) is 6.79. The summed E-state index contributed by atoms with van der Waals surface area (Å²) in [4.78, 5) is 4.17. The van der Waals surface area contributed by atoms with Crippen LogP contribution in [0.15, 0.2) is 41.4 Å². The van der Waals surface area contributed by atoms with Crippen LogP contribution in [0.3, 0.4) is 0 Å². The number of rotatable bonds is 3. The minimum Gasteiger partial charge on any atom is -0.311 e. The highest BCUT2D eigenvalue weighted by molar-refractivity contribution is 7.90. The van der Waals surface area contributed by atoms with Gasteiger partial charge in [0.25, 0.3) is 0 Å². The van der Waals surface area contributed by atoms with Crippen molar-refractivity contribution in [1.29, 1.82) is 0 Å². The van der Waals surface area contributed by atoms with Crippen LogP contribution in [0.2, 0.25) is 0 Å². The Morgan fingerprint density at radius 1 is 1.20 bits per heavy atom. The summed E-state index contributed by atoms with van der Waals surface area (Å²) in [5.74, 6) is -0.145. The molecule has 2 saturated heterocycles. The second kappa shape index (κ2) is 6.67. The van der Waals surface area contributed by atoms with E-state index in [-0.39, 0.29) is 17.3 Å². The highest BCUT2D eigenvalue weighted by Crippen LogP contribution is 2.40. The summed E-state index contributed by atoms with van der Waals surface area (Å²) >= 11 is 0. The van der Waals surface area contributed by atoms with Gasteiger partial charge in [-0.1, -0.05) is 12.1 Å². The molecule has 0 aliphatic carbocycles. The van der Waals surface area contributed by atoms with Gasteiger partial charge in [0, 0.05) is 36.0 Å². The topological polar surface area (TPSA) is 59.1 Å². The zero-order valence-electron chi connectivity index (χ0n) is 13.8. The van der Waals surface area contributed by atoms with Crippen LogP contribution in [0.4, 0.5) is 4.39 Å². The van der Waals surface area contributed by atoms with Gasteiger partial charge in [0.05, 0.1) is 4.90 Å². The molecule has 4 nitrogen and oxygen atoms in total. The maximum atomic E-state index is 14.2. The zero-order valence-corrected chi connectivity index (χ0v) is 15.4. The highest BCUT2D eigenvalue weighted by Gasteiger charge is 2.40. The summed E-state index contributed by atoms with van der Waals surface area (Å²) in [6.45, 7) is 0. The number of nitrogens with zero attached hydrogens (tertiary/aromatic N) is 1. The molecule has 2 bridgehead atoms. The van der Waals surface area contributed by atoms with Gasteiger partial charge in [0.15, 0.2) is 9.84 Å². The third kappa shape index (κ3) is 3.43. The Kier molecular flexibility index (Phi) is 4.88. The van der Waals surface area contributed by atoms with Gasteiger partial charge in [0.1, 0.15) is 0 Å². The number of hydrogen-bond donors (Lipinski definition) is 1. The van der Waals surface area contributed by atoms with Gasteiger partial charge in [-0.2, -0.15) is 4.39 Å². The van der Waals surface area contributed by atoms with Crippen molar-refractivity contribution in [1.82, 2.24) is 10.3 Å².